The van der Waals surface area contributed by atoms with Crippen molar-refractivity contribution in [1.29, 1.82) is 0 Å². The maximum absolute atomic E-state index is 12.3. The molecule has 1 amide bonds. The van der Waals surface area contributed by atoms with E-state index in [1.165, 1.54) is 0 Å². The van der Waals surface area contributed by atoms with Crippen LogP contribution in [0.3, 0.4) is 0 Å². The van der Waals surface area contributed by atoms with E-state index < -0.39 is 0 Å². The topological polar surface area (TPSA) is 53.5 Å². The van der Waals surface area contributed by atoms with Gasteiger partial charge in [-0.2, -0.15) is 0 Å². The minimum Gasteiger partial charge on any atom is -0.353 e. The van der Waals surface area contributed by atoms with Crippen LogP contribution in [0.25, 0.3) is 0 Å². The highest BCUT2D eigenvalue weighted by atomic mass is 32.1. The first-order valence-corrected chi connectivity index (χ1v) is 9.65. The molecule has 0 aromatic heterocycles. The zero-order chi connectivity index (χ0) is 20.4. The average molecular weight is 386 g/mol. The first kappa shape index (κ1) is 22.8. The van der Waals surface area contributed by atoms with Crippen molar-refractivity contribution in [3.8, 4) is 0 Å². The van der Waals surface area contributed by atoms with Crippen molar-refractivity contribution in [2.24, 2.45) is 4.99 Å². The molecule has 4 nitrogen and oxygen atoms in total. The highest BCUT2D eigenvalue weighted by molar-refractivity contribution is 7.80. The number of thiol groups is 1. The molecular weight excluding hydrogens is 354 g/mol. The van der Waals surface area contributed by atoms with Gasteiger partial charge in [-0.05, 0) is 63.5 Å². The molecule has 0 atom stereocenters. The lowest BCUT2D eigenvalue weighted by atomic mass is 10.1. The summed E-state index contributed by atoms with van der Waals surface area (Å²) in [6.07, 6.45) is 5.54. The lowest BCUT2D eigenvalue weighted by Crippen LogP contribution is -2.30. The Hall–Kier alpha value is -2.27. The Kier molecular flexibility index (Phi) is 9.65. The number of aliphatic imine (C=N–C) groups is 1. The fraction of sp³-hybridized carbons (Fsp3) is 0.364. The molecule has 0 heterocycles. The summed E-state index contributed by atoms with van der Waals surface area (Å²) < 4.78 is 0. The van der Waals surface area contributed by atoms with Gasteiger partial charge in [-0.1, -0.05) is 32.1 Å². The number of carbonyl (C=O) groups is 1. The Bertz CT molecular complexity index is 772. The molecule has 0 saturated carbocycles. The van der Waals surface area contributed by atoms with Crippen molar-refractivity contribution in [2.75, 3.05) is 11.9 Å². The monoisotopic (exact) mass is 385 g/mol. The normalized spacial score (nSPS) is 11.8. The van der Waals surface area contributed by atoms with Gasteiger partial charge >= 0.3 is 0 Å². The van der Waals surface area contributed by atoms with Crippen LogP contribution in [0.15, 0.2) is 63.8 Å². The Morgan fingerprint density at radius 3 is 2.56 bits per heavy atom. The molecule has 0 fully saturated rings. The van der Waals surface area contributed by atoms with Crippen LogP contribution in [-0.4, -0.2) is 18.2 Å². The van der Waals surface area contributed by atoms with Gasteiger partial charge in [0.1, 0.15) is 5.71 Å². The molecule has 2 N–H and O–H groups in total. The largest absolute Gasteiger partial charge is 0.353 e. The summed E-state index contributed by atoms with van der Waals surface area (Å²) >= 11 is 4.55. The summed E-state index contributed by atoms with van der Waals surface area (Å²) in [6.45, 7) is 14.2. The van der Waals surface area contributed by atoms with Gasteiger partial charge in [-0.3, -0.25) is 4.79 Å². The predicted molar refractivity (Wildman–Crippen MR) is 120 cm³/mol. The van der Waals surface area contributed by atoms with Crippen molar-refractivity contribution >= 4 is 29.9 Å². The van der Waals surface area contributed by atoms with E-state index in [1.807, 2.05) is 45.0 Å². The van der Waals surface area contributed by atoms with Gasteiger partial charge in [0.25, 0.3) is 5.91 Å². The predicted octanol–water partition coefficient (Wildman–Crippen LogP) is 5.44. The number of hydrogen-bond acceptors (Lipinski definition) is 4. The lowest BCUT2D eigenvalue weighted by Gasteiger charge is -2.16. The number of nitrogens with zero attached hydrogens (tertiary/aromatic N) is 1. The van der Waals surface area contributed by atoms with Crippen LogP contribution in [0.2, 0.25) is 0 Å². The SMILES string of the molecule is C=C/C=C(/Nc1ccc(C)cc1S)C(N=C(C)C(=O)NCCCC)=C(C)C. The summed E-state index contributed by atoms with van der Waals surface area (Å²) in [7, 11) is 0. The Labute approximate surface area is 169 Å². The van der Waals surface area contributed by atoms with Crippen molar-refractivity contribution in [1.82, 2.24) is 5.32 Å². The highest BCUT2D eigenvalue weighted by Crippen LogP contribution is 2.26. The molecule has 0 bridgehead atoms. The van der Waals surface area contributed by atoms with Gasteiger partial charge in [0.2, 0.25) is 0 Å². The zero-order valence-corrected chi connectivity index (χ0v) is 17.9. The van der Waals surface area contributed by atoms with Crippen molar-refractivity contribution in [3.05, 3.63) is 59.5 Å². The molecule has 0 aliphatic heterocycles. The highest BCUT2D eigenvalue weighted by Gasteiger charge is 2.12. The van der Waals surface area contributed by atoms with Crippen LogP contribution in [-0.2, 0) is 4.79 Å². The fourth-order valence-electron chi connectivity index (χ4n) is 2.36. The van der Waals surface area contributed by atoms with E-state index in [-0.39, 0.29) is 5.91 Å². The summed E-state index contributed by atoms with van der Waals surface area (Å²) in [5.41, 5.74) is 4.91. The number of benzene rings is 1. The van der Waals surface area contributed by atoms with Crippen molar-refractivity contribution < 1.29 is 4.79 Å². The summed E-state index contributed by atoms with van der Waals surface area (Å²) in [5, 5.41) is 6.27. The minimum atomic E-state index is -0.148. The lowest BCUT2D eigenvalue weighted by molar-refractivity contribution is -0.114. The summed E-state index contributed by atoms with van der Waals surface area (Å²) in [5.74, 6) is -0.148. The van der Waals surface area contributed by atoms with E-state index in [0.29, 0.717) is 18.0 Å². The molecule has 1 aromatic carbocycles. The van der Waals surface area contributed by atoms with E-state index in [0.717, 1.165) is 40.3 Å². The van der Waals surface area contributed by atoms with Gasteiger partial charge in [0, 0.05) is 11.4 Å². The van der Waals surface area contributed by atoms with Crippen LogP contribution in [0.4, 0.5) is 5.69 Å². The molecular formula is C22H31N3OS. The molecule has 0 aliphatic rings. The van der Waals surface area contributed by atoms with Crippen molar-refractivity contribution in [3.63, 3.8) is 0 Å². The van der Waals surface area contributed by atoms with Gasteiger partial charge < -0.3 is 10.6 Å². The quantitative estimate of drug-likeness (QED) is 0.229. The second kappa shape index (κ2) is 11.4. The molecule has 0 unspecified atom stereocenters. The molecule has 1 rings (SSSR count). The maximum Gasteiger partial charge on any atom is 0.265 e. The summed E-state index contributed by atoms with van der Waals surface area (Å²) in [6, 6.07) is 5.99. The van der Waals surface area contributed by atoms with Crippen LogP contribution in [0.5, 0.6) is 0 Å². The second-order valence-electron chi connectivity index (χ2n) is 6.62. The van der Waals surface area contributed by atoms with Crippen LogP contribution < -0.4 is 10.6 Å². The molecule has 27 heavy (non-hydrogen) atoms. The third kappa shape index (κ3) is 7.47. The van der Waals surface area contributed by atoms with Gasteiger partial charge in [0.15, 0.2) is 0 Å². The molecule has 0 radical (unpaired) electrons. The van der Waals surface area contributed by atoms with E-state index in [1.54, 1.807) is 13.0 Å². The third-order valence-electron chi connectivity index (χ3n) is 3.86. The Morgan fingerprint density at radius 1 is 1.30 bits per heavy atom. The molecule has 0 spiro atoms. The second-order valence-corrected chi connectivity index (χ2v) is 7.10. The van der Waals surface area contributed by atoms with Crippen LogP contribution >= 0.6 is 12.6 Å². The van der Waals surface area contributed by atoms with E-state index in [2.05, 4.69) is 41.8 Å². The Balaban J connectivity index is 3.15. The number of rotatable bonds is 9. The maximum atomic E-state index is 12.3. The van der Waals surface area contributed by atoms with Crippen LogP contribution in [0.1, 0.15) is 46.1 Å². The smallest absolute Gasteiger partial charge is 0.265 e. The Morgan fingerprint density at radius 2 is 2.00 bits per heavy atom. The van der Waals surface area contributed by atoms with Crippen LogP contribution in [0, 0.1) is 6.92 Å². The minimum absolute atomic E-state index is 0.148. The molecule has 5 heteroatoms. The number of unbranched alkanes of at least 4 members (excludes halogenated alkanes) is 1. The number of allylic oxidation sites excluding steroid dienone is 3. The summed E-state index contributed by atoms with van der Waals surface area (Å²) in [4.78, 5) is 17.7. The van der Waals surface area contributed by atoms with E-state index in [4.69, 9.17) is 0 Å². The number of nitrogens with one attached hydrogen (secondary N) is 2. The van der Waals surface area contributed by atoms with Gasteiger partial charge in [-0.25, -0.2) is 4.99 Å². The van der Waals surface area contributed by atoms with Gasteiger partial charge in [0.05, 0.1) is 17.1 Å². The van der Waals surface area contributed by atoms with E-state index >= 15 is 0 Å². The fourth-order valence-corrected chi connectivity index (χ4v) is 2.69. The first-order valence-electron chi connectivity index (χ1n) is 9.20. The number of hydrogen-bond donors (Lipinski definition) is 3. The third-order valence-corrected chi connectivity index (χ3v) is 4.23. The van der Waals surface area contributed by atoms with Gasteiger partial charge in [-0.15, -0.1) is 12.6 Å². The number of aryl methyl sites for hydroxylation is 1. The van der Waals surface area contributed by atoms with Crippen molar-refractivity contribution in [2.45, 2.75) is 52.4 Å². The van der Waals surface area contributed by atoms with E-state index in [9.17, 15) is 4.79 Å². The standard InChI is InChI=1S/C22H31N3OS/c1-7-9-13-23-22(26)17(6)24-21(15(3)4)19(10-8-2)25-18-12-11-16(5)14-20(18)27/h8,10-12,14,25,27H,2,7,9,13H2,1,3-6H3,(H,23,26)/b19-10+,24-17?. The number of amides is 1. The first-order chi connectivity index (χ1) is 12.8. The molecule has 1 aromatic rings. The molecule has 146 valence electrons. The number of anilines is 1. The zero-order valence-electron chi connectivity index (χ0n) is 17.0. The average Bonchev–Trinajstić information content (AvgIpc) is 2.61. The number of carbonyl (C=O) groups excluding carboxylic acids is 1. The molecule has 0 saturated heterocycles. The molecule has 0 aliphatic carbocycles.